The number of hydrogen-bond donors (Lipinski definition) is 2. The van der Waals surface area contributed by atoms with Crippen molar-refractivity contribution in [2.75, 3.05) is 0 Å². The number of alkyl halides is 3. The summed E-state index contributed by atoms with van der Waals surface area (Å²) in [7, 11) is 0. The molecule has 0 aliphatic heterocycles. The van der Waals surface area contributed by atoms with Gasteiger partial charge in [-0.2, -0.15) is 13.2 Å². The maximum atomic E-state index is 12.7. The number of aliphatic hydroxyl groups excluding tert-OH is 2. The molecule has 0 aromatic rings. The maximum absolute atomic E-state index is 12.7. The lowest BCUT2D eigenvalue weighted by Gasteiger charge is -2.62. The van der Waals surface area contributed by atoms with Crippen LogP contribution >= 0.6 is 0 Å². The van der Waals surface area contributed by atoms with Gasteiger partial charge in [0.15, 0.2) is 0 Å². The first-order chi connectivity index (χ1) is 15.6. The van der Waals surface area contributed by atoms with Crippen LogP contribution in [0, 0.1) is 39.4 Å². The highest BCUT2D eigenvalue weighted by Gasteiger charge is 2.63. The number of halogens is 3. The lowest BCUT2D eigenvalue weighted by atomic mass is 9.43. The zero-order valence-electron chi connectivity index (χ0n) is 22.2. The third-order valence-corrected chi connectivity index (χ3v) is 12.0. The standard InChI is InChI=1S/C29H47F3O2/c1-18(8-7-9-24(34)29(30,31)32)19-12-16-28(6)21-10-11-22-25(2,3)23(33)14-15-26(22,4)20(21)13-17-27(19,28)5/h18-19,22-24,33-34H,7-17H2,1-6H3/t18-,19-,22+,23+,24?,26-,27-,28+/m1/s1. The van der Waals surface area contributed by atoms with Crippen molar-refractivity contribution < 1.29 is 23.4 Å². The number of hydrogen-bond acceptors (Lipinski definition) is 2. The fourth-order valence-electron chi connectivity index (χ4n) is 9.63. The molecule has 34 heavy (non-hydrogen) atoms. The van der Waals surface area contributed by atoms with E-state index in [4.69, 9.17) is 0 Å². The van der Waals surface area contributed by atoms with Gasteiger partial charge in [0.25, 0.3) is 0 Å². The van der Waals surface area contributed by atoms with Crippen LogP contribution in [0.4, 0.5) is 13.2 Å². The van der Waals surface area contributed by atoms with E-state index in [-0.39, 0.29) is 34.2 Å². The lowest BCUT2D eigenvalue weighted by Crippen LogP contribution is -2.55. The Morgan fingerprint density at radius 3 is 2.24 bits per heavy atom. The predicted octanol–water partition coefficient (Wildman–Crippen LogP) is 7.83. The SMILES string of the molecule is C[C@H](CCCC(O)C(F)(F)F)[C@H]1CC[C@@]2(C)C3=C(CC[C@]12C)[C@@]1(C)CC[C@H](O)C(C)(C)[C@@H]1CC3. The van der Waals surface area contributed by atoms with Crippen molar-refractivity contribution in [3.63, 3.8) is 0 Å². The second-order valence-corrected chi connectivity index (χ2v) is 13.7. The van der Waals surface area contributed by atoms with Crippen LogP contribution in [0.3, 0.4) is 0 Å². The molecule has 2 N–H and O–H groups in total. The monoisotopic (exact) mass is 484 g/mol. The topological polar surface area (TPSA) is 40.5 Å². The largest absolute Gasteiger partial charge is 0.414 e. The molecule has 196 valence electrons. The Labute approximate surface area is 204 Å². The van der Waals surface area contributed by atoms with E-state index in [1.54, 1.807) is 11.1 Å². The fourth-order valence-corrected chi connectivity index (χ4v) is 9.63. The van der Waals surface area contributed by atoms with Gasteiger partial charge in [0.05, 0.1) is 6.10 Å². The van der Waals surface area contributed by atoms with Gasteiger partial charge in [-0.25, -0.2) is 0 Å². The molecule has 0 heterocycles. The number of fused-ring (bicyclic) bond motifs is 4. The van der Waals surface area contributed by atoms with Crippen LogP contribution in [-0.2, 0) is 0 Å². The van der Waals surface area contributed by atoms with E-state index in [0.717, 1.165) is 51.4 Å². The molecule has 2 fully saturated rings. The second-order valence-electron chi connectivity index (χ2n) is 13.7. The van der Waals surface area contributed by atoms with E-state index < -0.39 is 12.3 Å². The number of allylic oxidation sites excluding steroid dienone is 2. The average Bonchev–Trinajstić information content (AvgIpc) is 3.02. The van der Waals surface area contributed by atoms with Gasteiger partial charge in [0, 0.05) is 0 Å². The summed E-state index contributed by atoms with van der Waals surface area (Å²) in [6.07, 6.45) is 2.94. The van der Waals surface area contributed by atoms with Gasteiger partial charge in [-0.3, -0.25) is 0 Å². The van der Waals surface area contributed by atoms with E-state index in [0.29, 0.717) is 24.2 Å². The molecule has 0 spiro atoms. The van der Waals surface area contributed by atoms with E-state index in [2.05, 4.69) is 41.5 Å². The second kappa shape index (κ2) is 8.50. The van der Waals surface area contributed by atoms with Crippen LogP contribution in [0.5, 0.6) is 0 Å². The molecule has 1 unspecified atom stereocenters. The fraction of sp³-hybridized carbons (Fsp3) is 0.931. The molecule has 0 bridgehead atoms. The van der Waals surface area contributed by atoms with Gasteiger partial charge in [0.2, 0.25) is 0 Å². The minimum absolute atomic E-state index is 0.0547. The minimum atomic E-state index is -4.51. The quantitative estimate of drug-likeness (QED) is 0.390. The first kappa shape index (κ1) is 26.5. The molecular weight excluding hydrogens is 437 g/mol. The molecular formula is C29H47F3O2. The summed E-state index contributed by atoms with van der Waals surface area (Å²) in [5, 5.41) is 20.2. The molecule has 2 nitrogen and oxygen atoms in total. The molecule has 0 saturated heterocycles. The Kier molecular flexibility index (Phi) is 6.63. The van der Waals surface area contributed by atoms with Crippen molar-refractivity contribution >= 4 is 0 Å². The summed E-state index contributed by atoms with van der Waals surface area (Å²) in [5.74, 6) is 1.40. The van der Waals surface area contributed by atoms with Gasteiger partial charge in [-0.1, -0.05) is 65.5 Å². The molecule has 0 aromatic carbocycles. The average molecular weight is 485 g/mol. The van der Waals surface area contributed by atoms with E-state index in [9.17, 15) is 23.4 Å². The van der Waals surface area contributed by atoms with Crippen molar-refractivity contribution in [3.05, 3.63) is 11.1 Å². The highest BCUT2D eigenvalue weighted by molar-refractivity contribution is 5.38. The Hall–Kier alpha value is -0.550. The highest BCUT2D eigenvalue weighted by Crippen LogP contribution is 2.72. The third-order valence-electron chi connectivity index (χ3n) is 12.0. The summed E-state index contributed by atoms with van der Waals surface area (Å²) < 4.78 is 38.1. The van der Waals surface area contributed by atoms with Gasteiger partial charge in [-0.05, 0) is 97.2 Å². The normalized spacial score (nSPS) is 43.7. The summed E-state index contributed by atoms with van der Waals surface area (Å²) in [6, 6.07) is 0. The van der Waals surface area contributed by atoms with Gasteiger partial charge in [-0.15, -0.1) is 0 Å². The smallest absolute Gasteiger partial charge is 0.393 e. The molecule has 0 amide bonds. The molecule has 0 aromatic heterocycles. The maximum Gasteiger partial charge on any atom is 0.414 e. The summed E-state index contributed by atoms with van der Waals surface area (Å²) in [5.41, 5.74) is 3.87. The van der Waals surface area contributed by atoms with Crippen LogP contribution in [0.2, 0.25) is 0 Å². The van der Waals surface area contributed by atoms with Crippen LogP contribution in [0.25, 0.3) is 0 Å². The Balaban J connectivity index is 1.55. The van der Waals surface area contributed by atoms with E-state index in [1.165, 1.54) is 6.42 Å². The van der Waals surface area contributed by atoms with Crippen molar-refractivity contribution in [2.24, 2.45) is 39.4 Å². The lowest BCUT2D eigenvalue weighted by molar-refractivity contribution is -0.205. The number of rotatable bonds is 5. The van der Waals surface area contributed by atoms with Crippen LogP contribution in [0.15, 0.2) is 11.1 Å². The highest BCUT2D eigenvalue weighted by atomic mass is 19.4. The van der Waals surface area contributed by atoms with Crippen molar-refractivity contribution in [2.45, 2.75) is 131 Å². The zero-order valence-corrected chi connectivity index (χ0v) is 22.2. The van der Waals surface area contributed by atoms with Gasteiger partial charge in [0.1, 0.15) is 6.10 Å². The molecule has 5 heteroatoms. The van der Waals surface area contributed by atoms with E-state index >= 15 is 0 Å². The Bertz CT molecular complexity index is 817. The zero-order chi connectivity index (χ0) is 25.3. The summed E-state index contributed by atoms with van der Waals surface area (Å²) in [4.78, 5) is 0. The molecule has 0 radical (unpaired) electrons. The Morgan fingerprint density at radius 1 is 0.912 bits per heavy atom. The third kappa shape index (κ3) is 3.81. The summed E-state index contributed by atoms with van der Waals surface area (Å²) >= 11 is 0. The van der Waals surface area contributed by atoms with Crippen LogP contribution in [-0.4, -0.2) is 28.6 Å². The van der Waals surface area contributed by atoms with Crippen LogP contribution < -0.4 is 0 Å². The summed E-state index contributed by atoms with van der Waals surface area (Å²) in [6.45, 7) is 14.2. The predicted molar refractivity (Wildman–Crippen MR) is 130 cm³/mol. The Morgan fingerprint density at radius 2 is 1.59 bits per heavy atom. The first-order valence-electron chi connectivity index (χ1n) is 13.7. The first-order valence-corrected chi connectivity index (χ1v) is 13.7. The molecule has 4 aliphatic rings. The molecule has 2 saturated carbocycles. The van der Waals surface area contributed by atoms with Gasteiger partial charge < -0.3 is 10.2 Å². The molecule has 8 atom stereocenters. The van der Waals surface area contributed by atoms with Crippen molar-refractivity contribution in [1.29, 1.82) is 0 Å². The van der Waals surface area contributed by atoms with Crippen molar-refractivity contribution in [3.8, 4) is 0 Å². The number of aliphatic hydroxyl groups is 2. The molecule has 4 rings (SSSR count). The van der Waals surface area contributed by atoms with Crippen molar-refractivity contribution in [1.82, 2.24) is 0 Å². The van der Waals surface area contributed by atoms with Crippen LogP contribution in [0.1, 0.15) is 112 Å². The van der Waals surface area contributed by atoms with E-state index in [1.807, 2.05) is 0 Å². The molecule has 4 aliphatic carbocycles. The van der Waals surface area contributed by atoms with Gasteiger partial charge >= 0.3 is 6.18 Å². The minimum Gasteiger partial charge on any atom is -0.393 e.